The Bertz CT molecular complexity index is 615. The molecule has 2 rings (SSSR count). The largest absolute Gasteiger partial charge is 0.481 e. The van der Waals surface area contributed by atoms with Crippen LogP contribution in [0.25, 0.3) is 10.9 Å². The standard InChI is InChI=1S/C11H10N2O4/c1-12-6-9(13(16)17)8-4-2-3-7(11(8)12)5-10(14)15/h2-4,6H,5H2,1H3,(H,14,15). The Morgan fingerprint density at radius 2 is 2.24 bits per heavy atom. The van der Waals surface area contributed by atoms with Crippen molar-refractivity contribution >= 4 is 22.6 Å². The van der Waals surface area contributed by atoms with E-state index in [1.165, 1.54) is 6.20 Å². The van der Waals surface area contributed by atoms with Crippen molar-refractivity contribution in [1.82, 2.24) is 4.57 Å². The second-order valence-corrected chi connectivity index (χ2v) is 3.77. The van der Waals surface area contributed by atoms with Crippen LogP contribution in [0, 0.1) is 10.1 Å². The summed E-state index contributed by atoms with van der Waals surface area (Å²) in [5.41, 5.74) is 1.17. The van der Waals surface area contributed by atoms with E-state index in [-0.39, 0.29) is 12.1 Å². The quantitative estimate of drug-likeness (QED) is 0.647. The lowest BCUT2D eigenvalue weighted by atomic mass is 10.1. The molecule has 0 aliphatic rings. The second-order valence-electron chi connectivity index (χ2n) is 3.77. The van der Waals surface area contributed by atoms with Crippen LogP contribution in [0.4, 0.5) is 5.69 Å². The SMILES string of the molecule is Cn1cc([N+](=O)[O-])c2cccc(CC(=O)O)c21. The van der Waals surface area contributed by atoms with Gasteiger partial charge in [-0.2, -0.15) is 0 Å². The number of nitrogens with zero attached hydrogens (tertiary/aromatic N) is 2. The highest BCUT2D eigenvalue weighted by Crippen LogP contribution is 2.29. The molecule has 6 nitrogen and oxygen atoms in total. The van der Waals surface area contributed by atoms with Crippen LogP contribution in [0.1, 0.15) is 5.56 Å². The van der Waals surface area contributed by atoms with E-state index in [4.69, 9.17) is 5.11 Å². The Morgan fingerprint density at radius 1 is 1.53 bits per heavy atom. The smallest absolute Gasteiger partial charge is 0.307 e. The normalized spacial score (nSPS) is 10.6. The summed E-state index contributed by atoms with van der Waals surface area (Å²) in [5, 5.41) is 20.1. The molecule has 0 saturated heterocycles. The first kappa shape index (κ1) is 11.1. The summed E-state index contributed by atoms with van der Waals surface area (Å²) in [4.78, 5) is 21.1. The molecule has 0 fully saturated rings. The fourth-order valence-electron chi connectivity index (χ4n) is 1.98. The minimum atomic E-state index is -0.957. The highest BCUT2D eigenvalue weighted by molar-refractivity contribution is 5.93. The Balaban J connectivity index is 2.72. The Morgan fingerprint density at radius 3 is 2.82 bits per heavy atom. The summed E-state index contributed by atoms with van der Waals surface area (Å²) < 4.78 is 1.59. The number of rotatable bonds is 3. The number of fused-ring (bicyclic) bond motifs is 1. The number of aliphatic carboxylic acids is 1. The van der Waals surface area contributed by atoms with E-state index in [2.05, 4.69) is 0 Å². The molecule has 6 heteroatoms. The van der Waals surface area contributed by atoms with E-state index in [0.717, 1.165) is 0 Å². The van der Waals surface area contributed by atoms with Gasteiger partial charge in [0, 0.05) is 7.05 Å². The zero-order chi connectivity index (χ0) is 12.6. The van der Waals surface area contributed by atoms with Crippen LogP contribution in [-0.2, 0) is 18.3 Å². The van der Waals surface area contributed by atoms with E-state index < -0.39 is 10.9 Å². The van der Waals surface area contributed by atoms with Crippen LogP contribution in [-0.4, -0.2) is 20.6 Å². The zero-order valence-electron chi connectivity index (χ0n) is 9.08. The fourth-order valence-corrected chi connectivity index (χ4v) is 1.98. The lowest BCUT2D eigenvalue weighted by molar-refractivity contribution is -0.383. The van der Waals surface area contributed by atoms with Crippen molar-refractivity contribution in [3.8, 4) is 0 Å². The van der Waals surface area contributed by atoms with Crippen LogP contribution in [0.5, 0.6) is 0 Å². The van der Waals surface area contributed by atoms with Crippen molar-refractivity contribution in [3.05, 3.63) is 40.1 Å². The molecular formula is C11H10N2O4. The third kappa shape index (κ3) is 1.84. The van der Waals surface area contributed by atoms with Crippen LogP contribution in [0.15, 0.2) is 24.4 Å². The van der Waals surface area contributed by atoms with Gasteiger partial charge in [-0.05, 0) is 11.6 Å². The maximum Gasteiger partial charge on any atom is 0.307 e. The predicted octanol–water partition coefficient (Wildman–Crippen LogP) is 1.71. The van der Waals surface area contributed by atoms with Gasteiger partial charge in [-0.15, -0.1) is 0 Å². The van der Waals surface area contributed by atoms with E-state index in [0.29, 0.717) is 16.5 Å². The fraction of sp³-hybridized carbons (Fsp3) is 0.182. The number of para-hydroxylation sites is 1. The average molecular weight is 234 g/mol. The first-order valence-corrected chi connectivity index (χ1v) is 4.94. The third-order valence-electron chi connectivity index (χ3n) is 2.60. The van der Waals surface area contributed by atoms with Crippen LogP contribution in [0.2, 0.25) is 0 Å². The monoisotopic (exact) mass is 234 g/mol. The van der Waals surface area contributed by atoms with Crippen LogP contribution in [0.3, 0.4) is 0 Å². The predicted molar refractivity (Wildman–Crippen MR) is 60.9 cm³/mol. The van der Waals surface area contributed by atoms with Gasteiger partial charge in [0.15, 0.2) is 0 Å². The van der Waals surface area contributed by atoms with Gasteiger partial charge >= 0.3 is 5.97 Å². The van der Waals surface area contributed by atoms with Gasteiger partial charge in [-0.3, -0.25) is 14.9 Å². The topological polar surface area (TPSA) is 85.4 Å². The molecule has 0 aliphatic heterocycles. The molecule has 0 unspecified atom stereocenters. The maximum atomic E-state index is 10.8. The number of benzene rings is 1. The van der Waals surface area contributed by atoms with Gasteiger partial charge in [0.1, 0.15) is 0 Å². The van der Waals surface area contributed by atoms with E-state index in [1.807, 2.05) is 0 Å². The van der Waals surface area contributed by atoms with Crippen molar-refractivity contribution in [1.29, 1.82) is 0 Å². The molecule has 0 amide bonds. The molecule has 0 saturated carbocycles. The van der Waals surface area contributed by atoms with Crippen molar-refractivity contribution in [3.63, 3.8) is 0 Å². The minimum absolute atomic E-state index is 0.00487. The number of nitro groups is 1. The number of aromatic nitrogens is 1. The summed E-state index contributed by atoms with van der Waals surface area (Å²) in [6.07, 6.45) is 1.25. The zero-order valence-corrected chi connectivity index (χ0v) is 9.08. The maximum absolute atomic E-state index is 10.8. The van der Waals surface area contributed by atoms with Gasteiger partial charge in [0.25, 0.3) is 5.69 Å². The van der Waals surface area contributed by atoms with Crippen molar-refractivity contribution in [2.75, 3.05) is 0 Å². The molecule has 0 aliphatic carbocycles. The number of aryl methyl sites for hydroxylation is 1. The average Bonchev–Trinajstić information content (AvgIpc) is 2.56. The lowest BCUT2D eigenvalue weighted by Gasteiger charge is -2.02. The van der Waals surface area contributed by atoms with Gasteiger partial charge in [-0.25, -0.2) is 0 Å². The molecule has 88 valence electrons. The van der Waals surface area contributed by atoms with E-state index in [9.17, 15) is 14.9 Å². The third-order valence-corrected chi connectivity index (χ3v) is 2.60. The van der Waals surface area contributed by atoms with Gasteiger partial charge < -0.3 is 9.67 Å². The number of carboxylic acids is 1. The van der Waals surface area contributed by atoms with Gasteiger partial charge in [-0.1, -0.05) is 12.1 Å². The summed E-state index contributed by atoms with van der Waals surface area (Å²) >= 11 is 0. The number of carbonyl (C=O) groups is 1. The van der Waals surface area contributed by atoms with Gasteiger partial charge in [0.2, 0.25) is 0 Å². The van der Waals surface area contributed by atoms with E-state index in [1.54, 1.807) is 29.8 Å². The molecular weight excluding hydrogens is 224 g/mol. The first-order chi connectivity index (χ1) is 8.00. The molecule has 2 aromatic rings. The van der Waals surface area contributed by atoms with Gasteiger partial charge in [0.05, 0.1) is 28.4 Å². The summed E-state index contributed by atoms with van der Waals surface area (Å²) in [6.45, 7) is 0. The molecule has 0 radical (unpaired) electrons. The highest BCUT2D eigenvalue weighted by atomic mass is 16.6. The molecule has 0 spiro atoms. The molecule has 0 atom stereocenters. The Hall–Kier alpha value is -2.37. The molecule has 17 heavy (non-hydrogen) atoms. The molecule has 1 heterocycles. The minimum Gasteiger partial charge on any atom is -0.481 e. The Kier molecular flexibility index (Phi) is 2.55. The van der Waals surface area contributed by atoms with Crippen molar-refractivity contribution in [2.24, 2.45) is 7.05 Å². The highest BCUT2D eigenvalue weighted by Gasteiger charge is 2.18. The number of hydrogen-bond acceptors (Lipinski definition) is 3. The number of hydrogen-bond donors (Lipinski definition) is 1. The van der Waals surface area contributed by atoms with Crippen molar-refractivity contribution < 1.29 is 14.8 Å². The summed E-state index contributed by atoms with van der Waals surface area (Å²) in [6, 6.07) is 4.92. The molecule has 1 aromatic heterocycles. The van der Waals surface area contributed by atoms with E-state index >= 15 is 0 Å². The van der Waals surface area contributed by atoms with Crippen molar-refractivity contribution in [2.45, 2.75) is 6.42 Å². The summed E-state index contributed by atoms with van der Waals surface area (Å²) in [5.74, 6) is -0.957. The molecule has 1 aromatic carbocycles. The number of carboxylic acid groups (broad SMARTS) is 1. The molecule has 1 N–H and O–H groups in total. The lowest BCUT2D eigenvalue weighted by Crippen LogP contribution is -2.02. The van der Waals surface area contributed by atoms with Crippen LogP contribution >= 0.6 is 0 Å². The first-order valence-electron chi connectivity index (χ1n) is 4.94. The summed E-state index contributed by atoms with van der Waals surface area (Å²) in [7, 11) is 1.67. The van der Waals surface area contributed by atoms with Crippen LogP contribution < -0.4 is 0 Å². The Labute approximate surface area is 96.2 Å². The molecule has 0 bridgehead atoms. The second kappa shape index (κ2) is 3.89.